The van der Waals surface area contributed by atoms with E-state index in [0.29, 0.717) is 10.6 Å². The van der Waals surface area contributed by atoms with Crippen LogP contribution in [0.15, 0.2) is 16.7 Å². The first-order valence-electron chi connectivity index (χ1n) is 2.59. The molecule has 0 aromatic carbocycles. The number of hydrogen-bond donors (Lipinski definition) is 1. The van der Waals surface area contributed by atoms with E-state index in [1.165, 1.54) is 7.11 Å². The fraction of sp³-hybridized carbons (Fsp3) is 0.167. The van der Waals surface area contributed by atoms with Crippen LogP contribution in [0, 0.1) is 5.41 Å². The van der Waals surface area contributed by atoms with Gasteiger partial charge in [-0.2, -0.15) is 0 Å². The molecule has 1 aliphatic heterocycles. The van der Waals surface area contributed by atoms with Gasteiger partial charge in [-0.25, -0.2) is 4.79 Å². The van der Waals surface area contributed by atoms with E-state index in [-0.39, 0.29) is 0 Å². The van der Waals surface area contributed by atoms with Crippen molar-refractivity contribution in [2.24, 2.45) is 5.73 Å². The number of methoxy groups -OCH3 is 1. The quantitative estimate of drug-likeness (QED) is 0.441. The van der Waals surface area contributed by atoms with Crippen LogP contribution in [-0.2, 0) is 9.53 Å². The molecule has 0 bridgehead atoms. The van der Waals surface area contributed by atoms with Crippen LogP contribution in [0.1, 0.15) is 0 Å². The van der Waals surface area contributed by atoms with Gasteiger partial charge >= 0.3 is 5.97 Å². The minimum absolute atomic E-state index is 0.399. The minimum Gasteiger partial charge on any atom is -0.464 e. The Morgan fingerprint density at radius 3 is 3.00 bits per heavy atom. The van der Waals surface area contributed by atoms with Gasteiger partial charge in [0, 0.05) is 0 Å². The first-order chi connectivity index (χ1) is 4.75. The van der Waals surface area contributed by atoms with Crippen LogP contribution in [0.2, 0.25) is 0 Å². The summed E-state index contributed by atoms with van der Waals surface area (Å²) in [5.74, 6) is -0.399. The van der Waals surface area contributed by atoms with Gasteiger partial charge < -0.3 is 10.5 Å². The van der Waals surface area contributed by atoms with E-state index in [2.05, 4.69) is 10.1 Å². The van der Waals surface area contributed by atoms with Crippen molar-refractivity contribution in [3.63, 3.8) is 0 Å². The monoisotopic (exact) mass is 156 g/mol. The van der Waals surface area contributed by atoms with Gasteiger partial charge in [0.15, 0.2) is 17.2 Å². The summed E-state index contributed by atoms with van der Waals surface area (Å²) in [5.41, 5.74) is 5.82. The molecular weight excluding hydrogens is 150 g/mol. The Kier molecular flexibility index (Phi) is 1.94. The highest BCUT2D eigenvalue weighted by atomic mass is 32.2. The molecule has 52 valence electrons. The van der Waals surface area contributed by atoms with E-state index < -0.39 is 5.97 Å². The minimum atomic E-state index is -0.399. The maximum atomic E-state index is 10.8. The van der Waals surface area contributed by atoms with E-state index in [0.717, 1.165) is 11.8 Å². The molecule has 0 radical (unpaired) electrons. The van der Waals surface area contributed by atoms with Crippen molar-refractivity contribution in [1.82, 2.24) is 0 Å². The summed E-state index contributed by atoms with van der Waals surface area (Å²) in [7, 11) is 1.32. The number of carbonyl (C=O) groups excluding carboxylic acids is 1. The van der Waals surface area contributed by atoms with Gasteiger partial charge in [-0.3, -0.25) is 0 Å². The molecule has 0 atom stereocenters. The van der Waals surface area contributed by atoms with E-state index in [1.807, 2.05) is 0 Å². The highest BCUT2D eigenvalue weighted by Crippen LogP contribution is 2.25. The van der Waals surface area contributed by atoms with Crippen molar-refractivity contribution >= 4 is 17.7 Å². The first kappa shape index (κ1) is 7.12. The van der Waals surface area contributed by atoms with Crippen LogP contribution in [-0.4, -0.2) is 13.1 Å². The smallest absolute Gasteiger partial charge is 0.370 e. The van der Waals surface area contributed by atoms with E-state index in [1.54, 1.807) is 6.08 Å². The predicted molar refractivity (Wildman–Crippen MR) is 38.6 cm³/mol. The lowest BCUT2D eigenvalue weighted by Gasteiger charge is -1.91. The van der Waals surface area contributed by atoms with Crippen molar-refractivity contribution in [3.8, 4) is 0 Å². The molecule has 3 nitrogen and oxygen atoms in total. The summed E-state index contributed by atoms with van der Waals surface area (Å²) in [6, 6.07) is 0. The lowest BCUT2D eigenvalue weighted by atomic mass is 10.4. The largest absolute Gasteiger partial charge is 0.464 e. The highest BCUT2D eigenvalue weighted by molar-refractivity contribution is 8.05. The second-order valence-electron chi connectivity index (χ2n) is 1.64. The molecule has 2 N–H and O–H groups in total. The molecule has 1 aliphatic rings. The zero-order valence-electron chi connectivity index (χ0n) is 5.38. The number of carbonyl (C=O) groups is 1. The normalized spacial score (nSPS) is 15.3. The summed E-state index contributed by atoms with van der Waals surface area (Å²) < 4.78 is 4.45. The Bertz CT molecular complexity index is 220. The Hall–Kier alpha value is -0.990. The lowest BCUT2D eigenvalue weighted by Crippen LogP contribution is -2.06. The maximum Gasteiger partial charge on any atom is 0.370 e. The average molecular weight is 156 g/mol. The number of esters is 1. The Balaban J connectivity index is 2.76. The zero-order chi connectivity index (χ0) is 7.56. The van der Waals surface area contributed by atoms with E-state index >= 15 is 0 Å². The third kappa shape index (κ3) is 1.12. The van der Waals surface area contributed by atoms with Crippen LogP contribution in [0.3, 0.4) is 0 Å². The number of thioether (sulfide) groups is 1. The SMILES string of the molecule is COC(=O)C1=C(N)C=[C+]S1. The van der Waals surface area contributed by atoms with Gasteiger partial charge in [-0.15, -0.1) is 0 Å². The molecule has 0 saturated carbocycles. The molecule has 4 heteroatoms. The molecule has 0 aliphatic carbocycles. The predicted octanol–water partition coefficient (Wildman–Crippen LogP) is 0.393. The van der Waals surface area contributed by atoms with Crippen LogP contribution in [0.5, 0.6) is 0 Å². The molecule has 0 spiro atoms. The maximum absolute atomic E-state index is 10.8. The summed E-state index contributed by atoms with van der Waals surface area (Å²) in [5, 5.41) is 2.73. The number of rotatable bonds is 1. The molecular formula is C6H6NO2S+. The molecule has 0 fully saturated rings. The lowest BCUT2D eigenvalue weighted by molar-refractivity contribution is -0.135. The fourth-order valence-corrected chi connectivity index (χ4v) is 1.18. The molecule has 0 amide bonds. The molecule has 0 unspecified atom stereocenters. The third-order valence-electron chi connectivity index (χ3n) is 1.01. The van der Waals surface area contributed by atoms with Gasteiger partial charge in [-0.1, -0.05) is 0 Å². The zero-order valence-corrected chi connectivity index (χ0v) is 6.20. The number of ether oxygens (including phenoxy) is 1. The second kappa shape index (κ2) is 2.73. The summed E-state index contributed by atoms with van der Waals surface area (Å²) in [4.78, 5) is 11.2. The summed E-state index contributed by atoms with van der Waals surface area (Å²) in [6.45, 7) is 0. The fourth-order valence-electron chi connectivity index (χ4n) is 0.529. The van der Waals surface area contributed by atoms with Crippen molar-refractivity contribution < 1.29 is 9.53 Å². The molecule has 0 saturated heterocycles. The molecule has 10 heavy (non-hydrogen) atoms. The van der Waals surface area contributed by atoms with E-state index in [4.69, 9.17) is 5.73 Å². The number of nitrogens with two attached hydrogens (primary N) is 1. The number of hydrogen-bond acceptors (Lipinski definition) is 4. The van der Waals surface area contributed by atoms with Gasteiger partial charge in [0.2, 0.25) is 4.91 Å². The Morgan fingerprint density at radius 1 is 1.90 bits per heavy atom. The number of allylic oxidation sites excluding steroid dienone is 1. The van der Waals surface area contributed by atoms with Crippen LogP contribution < -0.4 is 5.73 Å². The Morgan fingerprint density at radius 2 is 2.60 bits per heavy atom. The van der Waals surface area contributed by atoms with Gasteiger partial charge in [0.25, 0.3) is 0 Å². The van der Waals surface area contributed by atoms with Gasteiger partial charge in [0.1, 0.15) is 11.8 Å². The van der Waals surface area contributed by atoms with Crippen molar-refractivity contribution in [2.75, 3.05) is 7.11 Å². The summed E-state index contributed by atoms with van der Waals surface area (Å²) in [6.07, 6.45) is 1.55. The first-order valence-corrected chi connectivity index (χ1v) is 3.41. The van der Waals surface area contributed by atoms with Crippen molar-refractivity contribution in [1.29, 1.82) is 0 Å². The molecule has 0 aromatic heterocycles. The summed E-state index contributed by atoms with van der Waals surface area (Å²) >= 11 is 1.16. The average Bonchev–Trinajstić information content (AvgIpc) is 2.34. The Labute approximate surface area is 62.9 Å². The topological polar surface area (TPSA) is 52.3 Å². The van der Waals surface area contributed by atoms with Gasteiger partial charge in [-0.05, 0) is 0 Å². The standard InChI is InChI=1S/C6H5NO2S/c1-9-6(8)5-4(7)2-3-10-5/h2H,1H3,(H-,7,8)/p+1. The molecule has 1 heterocycles. The van der Waals surface area contributed by atoms with Gasteiger partial charge in [0.05, 0.1) is 7.11 Å². The van der Waals surface area contributed by atoms with Crippen molar-refractivity contribution in [3.05, 3.63) is 22.1 Å². The molecule has 0 aromatic rings. The molecule has 1 rings (SSSR count). The second-order valence-corrected chi connectivity index (χ2v) is 2.49. The van der Waals surface area contributed by atoms with E-state index in [9.17, 15) is 4.79 Å². The van der Waals surface area contributed by atoms with Crippen molar-refractivity contribution in [2.45, 2.75) is 0 Å². The van der Waals surface area contributed by atoms with Crippen LogP contribution in [0.25, 0.3) is 0 Å². The van der Waals surface area contributed by atoms with Crippen LogP contribution >= 0.6 is 11.8 Å². The van der Waals surface area contributed by atoms with Crippen LogP contribution in [0.4, 0.5) is 0 Å². The highest BCUT2D eigenvalue weighted by Gasteiger charge is 2.27. The third-order valence-corrected chi connectivity index (χ3v) is 1.85.